The standard InChI is InChI=1S/C15H19N2O.C14H19.CH3.Cr/c18-14-10-15(6-8-16-9-7-15)13(11-17-14)12-4-2-1-3-5-12;1-3-12-8-11(2)9-14(10-12)13-6-4-5-7-13;;/h1-5,13H,6-11H2,(H,17,18);8-10H,3-7H2,1-2H3;1H3;/q3*-1;+3. The van der Waals surface area contributed by atoms with Crippen molar-refractivity contribution in [1.29, 1.82) is 0 Å². The summed E-state index contributed by atoms with van der Waals surface area (Å²) in [6.45, 7) is 7.05. The van der Waals surface area contributed by atoms with E-state index in [1.807, 2.05) is 6.07 Å². The van der Waals surface area contributed by atoms with Crippen molar-refractivity contribution >= 4 is 5.91 Å². The number of nitrogens with one attached hydrogen (secondary N) is 1. The number of rotatable bonds is 3. The second-order valence-electron chi connectivity index (χ2n) is 9.85. The Hall–Kier alpha value is -1.73. The van der Waals surface area contributed by atoms with Crippen LogP contribution in [0.2, 0.25) is 0 Å². The third-order valence-electron chi connectivity index (χ3n) is 7.65. The van der Waals surface area contributed by atoms with Gasteiger partial charge in [0.1, 0.15) is 0 Å². The van der Waals surface area contributed by atoms with Gasteiger partial charge in [0.05, 0.1) is 0 Å². The first-order valence-corrected chi connectivity index (χ1v) is 12.5. The zero-order valence-corrected chi connectivity index (χ0v) is 22.5. The molecular formula is C30H41CrN2O. The molecule has 1 saturated carbocycles. The summed E-state index contributed by atoms with van der Waals surface area (Å²) in [4.78, 5) is 11.8. The molecular weight excluding hydrogens is 456 g/mol. The third-order valence-corrected chi connectivity index (χ3v) is 7.65. The van der Waals surface area contributed by atoms with Crippen molar-refractivity contribution < 1.29 is 22.2 Å². The number of hydrogen-bond acceptors (Lipinski definition) is 1. The van der Waals surface area contributed by atoms with E-state index >= 15 is 0 Å². The average molecular weight is 498 g/mol. The molecule has 1 spiro atoms. The molecule has 2 heterocycles. The Morgan fingerprint density at radius 2 is 1.74 bits per heavy atom. The van der Waals surface area contributed by atoms with Crippen LogP contribution in [0.4, 0.5) is 0 Å². The molecule has 0 aromatic heterocycles. The molecule has 2 aliphatic heterocycles. The molecule has 2 aromatic rings. The van der Waals surface area contributed by atoms with E-state index in [9.17, 15) is 4.79 Å². The van der Waals surface area contributed by atoms with Crippen molar-refractivity contribution in [3.63, 3.8) is 0 Å². The minimum atomic E-state index is 0. The van der Waals surface area contributed by atoms with E-state index in [-0.39, 0.29) is 36.1 Å². The van der Waals surface area contributed by atoms with Crippen LogP contribution in [0.1, 0.15) is 80.0 Å². The second kappa shape index (κ2) is 13.4. The second-order valence-corrected chi connectivity index (χ2v) is 9.85. The number of carbonyl (C=O) groups is 1. The van der Waals surface area contributed by atoms with Gasteiger partial charge in [0.15, 0.2) is 0 Å². The van der Waals surface area contributed by atoms with Crippen molar-refractivity contribution in [1.82, 2.24) is 5.32 Å². The van der Waals surface area contributed by atoms with Crippen LogP contribution in [0.5, 0.6) is 0 Å². The Morgan fingerprint density at radius 3 is 2.38 bits per heavy atom. The molecule has 0 bridgehead atoms. The maximum Gasteiger partial charge on any atom is 3.00 e. The van der Waals surface area contributed by atoms with Crippen LogP contribution < -0.4 is 5.32 Å². The van der Waals surface area contributed by atoms with E-state index in [2.05, 4.69) is 66.9 Å². The van der Waals surface area contributed by atoms with E-state index in [0.29, 0.717) is 12.3 Å². The predicted molar refractivity (Wildman–Crippen MR) is 139 cm³/mol. The number of aryl methyl sites for hydroxylation is 2. The third kappa shape index (κ3) is 6.91. The monoisotopic (exact) mass is 497 g/mol. The molecule has 183 valence electrons. The predicted octanol–water partition coefficient (Wildman–Crippen LogP) is 6.95. The number of benzene rings is 2. The fourth-order valence-corrected chi connectivity index (χ4v) is 5.82. The van der Waals surface area contributed by atoms with Gasteiger partial charge < -0.3 is 18.1 Å². The van der Waals surface area contributed by atoms with Gasteiger partial charge >= 0.3 is 17.4 Å². The van der Waals surface area contributed by atoms with Gasteiger partial charge in [-0.1, -0.05) is 88.8 Å². The Balaban J connectivity index is 0.000000233. The van der Waals surface area contributed by atoms with E-state index < -0.39 is 0 Å². The van der Waals surface area contributed by atoms with Gasteiger partial charge in [0, 0.05) is 18.9 Å². The van der Waals surface area contributed by atoms with Gasteiger partial charge in [0.25, 0.3) is 0 Å². The van der Waals surface area contributed by atoms with E-state index in [1.165, 1.54) is 47.9 Å². The Labute approximate surface area is 218 Å². The molecule has 3 nitrogen and oxygen atoms in total. The number of piperidine rings is 2. The largest absolute Gasteiger partial charge is 3.00 e. The fraction of sp³-hybridized carbons (Fsp3) is 0.500. The van der Waals surface area contributed by atoms with Crippen LogP contribution in [-0.4, -0.2) is 25.5 Å². The molecule has 1 N–H and O–H groups in total. The van der Waals surface area contributed by atoms with E-state index in [1.54, 1.807) is 5.92 Å². The average Bonchev–Trinajstić information content (AvgIpc) is 3.35. The molecule has 1 aliphatic carbocycles. The van der Waals surface area contributed by atoms with E-state index in [4.69, 9.17) is 0 Å². The van der Waals surface area contributed by atoms with Gasteiger partial charge in [-0.15, -0.1) is 24.2 Å². The van der Waals surface area contributed by atoms with Crippen molar-refractivity contribution in [2.45, 2.75) is 71.1 Å². The Morgan fingerprint density at radius 1 is 1.06 bits per heavy atom. The fourth-order valence-electron chi connectivity index (χ4n) is 5.82. The molecule has 2 saturated heterocycles. The molecule has 1 unspecified atom stereocenters. The summed E-state index contributed by atoms with van der Waals surface area (Å²) in [6, 6.07) is 17.6. The quantitative estimate of drug-likeness (QED) is 0.458. The summed E-state index contributed by atoms with van der Waals surface area (Å²) in [6.07, 6.45) is 9.37. The van der Waals surface area contributed by atoms with Gasteiger partial charge in [-0.05, 0) is 17.4 Å². The number of carbonyl (C=O) groups excluding carboxylic acids is 1. The van der Waals surface area contributed by atoms with Crippen molar-refractivity contribution in [2.75, 3.05) is 19.6 Å². The first-order chi connectivity index (χ1) is 15.6. The van der Waals surface area contributed by atoms with Gasteiger partial charge in [0.2, 0.25) is 5.91 Å². The van der Waals surface area contributed by atoms with E-state index in [0.717, 1.165) is 38.9 Å². The van der Waals surface area contributed by atoms with Crippen molar-refractivity contribution in [3.05, 3.63) is 89.4 Å². The molecule has 1 radical (unpaired) electrons. The van der Waals surface area contributed by atoms with Crippen LogP contribution in [0, 0.1) is 25.7 Å². The molecule has 34 heavy (non-hydrogen) atoms. The summed E-state index contributed by atoms with van der Waals surface area (Å²) >= 11 is 0. The summed E-state index contributed by atoms with van der Waals surface area (Å²) in [5, 5.41) is 7.48. The maximum absolute atomic E-state index is 11.8. The molecule has 1 amide bonds. The van der Waals surface area contributed by atoms with Crippen molar-refractivity contribution in [2.24, 2.45) is 5.41 Å². The smallest absolute Gasteiger partial charge is 0.662 e. The zero-order valence-electron chi connectivity index (χ0n) is 21.2. The van der Waals surface area contributed by atoms with Crippen LogP contribution in [0.15, 0.2) is 48.5 Å². The molecule has 5 rings (SSSR count). The number of nitrogens with zero attached hydrogens (tertiary/aromatic N) is 1. The van der Waals surface area contributed by atoms with Crippen LogP contribution >= 0.6 is 0 Å². The SMILES string of the molecule is CCc1cc(C)cc([C-]2CCCC2)c1.O=C1CC2(CC[N-]CC2)C(c2ccccc2)CN1.[CH3-].[Cr+3]. The molecule has 4 heteroatoms. The summed E-state index contributed by atoms with van der Waals surface area (Å²) in [7, 11) is 0. The normalized spacial score (nSPS) is 20.9. The maximum atomic E-state index is 11.8. The minimum absolute atomic E-state index is 0. The van der Waals surface area contributed by atoms with Crippen LogP contribution in [-0.2, 0) is 28.6 Å². The van der Waals surface area contributed by atoms with Crippen molar-refractivity contribution in [3.8, 4) is 0 Å². The summed E-state index contributed by atoms with van der Waals surface area (Å²) in [5.41, 5.74) is 5.92. The number of amides is 1. The molecule has 1 atom stereocenters. The first-order valence-electron chi connectivity index (χ1n) is 12.5. The zero-order chi connectivity index (χ0) is 22.4. The topological polar surface area (TPSA) is 43.2 Å². The van der Waals surface area contributed by atoms with Gasteiger partial charge in [-0.25, -0.2) is 0 Å². The van der Waals surface area contributed by atoms with Gasteiger partial charge in [-0.2, -0.15) is 23.6 Å². The summed E-state index contributed by atoms with van der Waals surface area (Å²) in [5.74, 6) is 2.35. The van der Waals surface area contributed by atoms with Gasteiger partial charge in [-0.3, -0.25) is 4.79 Å². The summed E-state index contributed by atoms with van der Waals surface area (Å²) < 4.78 is 0. The molecule has 2 aromatic carbocycles. The van der Waals surface area contributed by atoms with Crippen LogP contribution in [0.3, 0.4) is 0 Å². The molecule has 3 aliphatic rings. The van der Waals surface area contributed by atoms with Crippen LogP contribution in [0.25, 0.3) is 5.32 Å². The number of hydrogen-bond donors (Lipinski definition) is 1. The molecule has 3 fully saturated rings. The first kappa shape index (κ1) is 28.5. The minimum Gasteiger partial charge on any atom is -0.662 e. The Bertz CT molecular complexity index is 886. The Kier molecular flexibility index (Phi) is 11.2.